The number of H-pyrrole nitrogens is 1. The van der Waals surface area contributed by atoms with E-state index in [0.29, 0.717) is 24.9 Å². The molecule has 0 aliphatic rings. The Morgan fingerprint density at radius 2 is 1.93 bits per heavy atom. The van der Waals surface area contributed by atoms with E-state index in [4.69, 9.17) is 14.3 Å². The van der Waals surface area contributed by atoms with Crippen LogP contribution in [0.3, 0.4) is 0 Å². The van der Waals surface area contributed by atoms with E-state index in [9.17, 15) is 0 Å². The standard InChI is InChI=1S/C19H22N6O3/c1-3-10-26-17-7-4-15(5-8-17)12-28-23-14(2)16-6-9-19(20-11-16)27-13-18-21-24-25-22-18/h4-9,11H,3,10,12-13H2,1-2H3,(H,21,22,24,25)/b23-14+. The molecule has 28 heavy (non-hydrogen) atoms. The van der Waals surface area contributed by atoms with Gasteiger partial charge in [-0.25, -0.2) is 4.98 Å². The van der Waals surface area contributed by atoms with Crippen molar-refractivity contribution in [1.29, 1.82) is 0 Å². The van der Waals surface area contributed by atoms with Crippen molar-refractivity contribution in [1.82, 2.24) is 25.6 Å². The molecular formula is C19H22N6O3. The third kappa shape index (κ3) is 5.76. The molecule has 9 nitrogen and oxygen atoms in total. The molecule has 0 aliphatic carbocycles. The number of benzene rings is 1. The van der Waals surface area contributed by atoms with Crippen molar-refractivity contribution in [2.45, 2.75) is 33.5 Å². The molecule has 3 rings (SSSR count). The van der Waals surface area contributed by atoms with Crippen molar-refractivity contribution in [3.8, 4) is 11.6 Å². The highest BCUT2D eigenvalue weighted by Crippen LogP contribution is 2.14. The van der Waals surface area contributed by atoms with Crippen molar-refractivity contribution in [3.63, 3.8) is 0 Å². The molecule has 0 radical (unpaired) electrons. The Bertz CT molecular complexity index is 864. The first-order chi connectivity index (χ1) is 13.7. The van der Waals surface area contributed by atoms with Crippen LogP contribution in [-0.2, 0) is 18.1 Å². The summed E-state index contributed by atoms with van der Waals surface area (Å²) in [6.07, 6.45) is 2.66. The first kappa shape index (κ1) is 19.3. The molecule has 1 aromatic carbocycles. The second kappa shape index (κ2) is 10.0. The van der Waals surface area contributed by atoms with Crippen LogP contribution in [0.1, 0.15) is 37.2 Å². The van der Waals surface area contributed by atoms with Crippen LogP contribution in [0.15, 0.2) is 47.8 Å². The number of aromatic amines is 1. The Morgan fingerprint density at radius 1 is 1.07 bits per heavy atom. The maximum absolute atomic E-state index is 5.56. The SMILES string of the molecule is CCCOc1ccc(CO/N=C(\C)c2ccc(OCc3nn[nH]n3)nc2)cc1. The van der Waals surface area contributed by atoms with E-state index >= 15 is 0 Å². The van der Waals surface area contributed by atoms with Gasteiger partial charge in [-0.3, -0.25) is 0 Å². The van der Waals surface area contributed by atoms with Crippen molar-refractivity contribution < 1.29 is 14.3 Å². The molecule has 2 aromatic heterocycles. The Labute approximate surface area is 162 Å². The summed E-state index contributed by atoms with van der Waals surface area (Å²) in [7, 11) is 0. The first-order valence-corrected chi connectivity index (χ1v) is 8.94. The van der Waals surface area contributed by atoms with Crippen molar-refractivity contribution in [2.24, 2.45) is 5.16 Å². The van der Waals surface area contributed by atoms with Crippen molar-refractivity contribution in [3.05, 3.63) is 59.5 Å². The summed E-state index contributed by atoms with van der Waals surface area (Å²) in [5, 5.41) is 17.6. The highest BCUT2D eigenvalue weighted by atomic mass is 16.6. The van der Waals surface area contributed by atoms with Crippen LogP contribution in [0.4, 0.5) is 0 Å². The fourth-order valence-electron chi connectivity index (χ4n) is 2.22. The van der Waals surface area contributed by atoms with Gasteiger partial charge in [0.2, 0.25) is 11.7 Å². The molecule has 0 unspecified atom stereocenters. The Hall–Kier alpha value is -3.49. The molecule has 0 spiro atoms. The van der Waals surface area contributed by atoms with Gasteiger partial charge in [0, 0.05) is 17.8 Å². The third-order valence-corrected chi connectivity index (χ3v) is 3.72. The van der Waals surface area contributed by atoms with E-state index in [1.807, 2.05) is 37.3 Å². The molecular weight excluding hydrogens is 360 g/mol. The second-order valence-corrected chi connectivity index (χ2v) is 5.94. The minimum atomic E-state index is 0.196. The molecule has 3 aromatic rings. The molecule has 0 bridgehead atoms. The molecule has 0 aliphatic heterocycles. The van der Waals surface area contributed by atoms with Crippen molar-refractivity contribution >= 4 is 5.71 Å². The number of nitrogens with zero attached hydrogens (tertiary/aromatic N) is 5. The van der Waals surface area contributed by atoms with Gasteiger partial charge in [0.1, 0.15) is 12.4 Å². The van der Waals surface area contributed by atoms with Gasteiger partial charge in [-0.15, -0.1) is 10.2 Å². The number of aromatic nitrogens is 5. The zero-order valence-electron chi connectivity index (χ0n) is 15.8. The summed E-state index contributed by atoms with van der Waals surface area (Å²) in [5.41, 5.74) is 2.58. The van der Waals surface area contributed by atoms with Gasteiger partial charge in [0.25, 0.3) is 0 Å². The number of nitrogens with one attached hydrogen (secondary N) is 1. The summed E-state index contributed by atoms with van der Waals surface area (Å²) in [5.74, 6) is 1.78. The van der Waals surface area contributed by atoms with Crippen LogP contribution in [0.2, 0.25) is 0 Å². The number of hydrogen-bond donors (Lipinski definition) is 1. The average molecular weight is 382 g/mol. The Morgan fingerprint density at radius 3 is 2.61 bits per heavy atom. The minimum Gasteiger partial charge on any atom is -0.494 e. The van der Waals surface area contributed by atoms with Gasteiger partial charge in [-0.2, -0.15) is 5.21 Å². The van der Waals surface area contributed by atoms with Crippen molar-refractivity contribution in [2.75, 3.05) is 6.61 Å². The number of tetrazole rings is 1. The molecule has 2 heterocycles. The summed E-state index contributed by atoms with van der Waals surface area (Å²) < 4.78 is 11.0. The molecule has 9 heteroatoms. The molecule has 0 saturated carbocycles. The highest BCUT2D eigenvalue weighted by molar-refractivity contribution is 5.98. The quantitative estimate of drug-likeness (QED) is 0.424. The van der Waals surface area contributed by atoms with E-state index in [1.54, 1.807) is 12.3 Å². The van der Waals surface area contributed by atoms with Gasteiger partial charge >= 0.3 is 0 Å². The lowest BCUT2D eigenvalue weighted by atomic mass is 10.2. The Balaban J connectivity index is 1.47. The number of oxime groups is 1. The average Bonchev–Trinajstić information content (AvgIpc) is 3.26. The first-order valence-electron chi connectivity index (χ1n) is 8.94. The number of pyridine rings is 1. The topological polar surface area (TPSA) is 107 Å². The molecule has 0 saturated heterocycles. The maximum atomic E-state index is 5.56. The van der Waals surface area contributed by atoms with Gasteiger partial charge in [0.05, 0.1) is 12.3 Å². The van der Waals surface area contributed by atoms with Crippen LogP contribution in [0.25, 0.3) is 0 Å². The van der Waals surface area contributed by atoms with Gasteiger partial charge in [0.15, 0.2) is 6.61 Å². The summed E-state index contributed by atoms with van der Waals surface area (Å²) in [6, 6.07) is 11.4. The summed E-state index contributed by atoms with van der Waals surface area (Å²) in [6.45, 7) is 5.23. The normalized spacial score (nSPS) is 11.3. The van der Waals surface area contributed by atoms with Crippen LogP contribution in [-0.4, -0.2) is 37.9 Å². The van der Waals surface area contributed by atoms with E-state index in [1.165, 1.54) is 0 Å². The van der Waals surface area contributed by atoms with Gasteiger partial charge in [-0.05, 0) is 37.1 Å². The zero-order chi connectivity index (χ0) is 19.6. The van der Waals surface area contributed by atoms with E-state index < -0.39 is 0 Å². The number of hydrogen-bond acceptors (Lipinski definition) is 8. The smallest absolute Gasteiger partial charge is 0.213 e. The lowest BCUT2D eigenvalue weighted by Gasteiger charge is -2.06. The molecule has 1 N–H and O–H groups in total. The fourth-order valence-corrected chi connectivity index (χ4v) is 2.22. The molecule has 0 fully saturated rings. The lowest BCUT2D eigenvalue weighted by molar-refractivity contribution is 0.130. The largest absolute Gasteiger partial charge is 0.494 e. The monoisotopic (exact) mass is 382 g/mol. The summed E-state index contributed by atoms with van der Waals surface area (Å²) >= 11 is 0. The summed E-state index contributed by atoms with van der Waals surface area (Å²) in [4.78, 5) is 9.69. The second-order valence-electron chi connectivity index (χ2n) is 5.94. The van der Waals surface area contributed by atoms with Crippen LogP contribution < -0.4 is 9.47 Å². The van der Waals surface area contributed by atoms with Crippen LogP contribution in [0.5, 0.6) is 11.6 Å². The Kier molecular flexibility index (Phi) is 6.89. The zero-order valence-corrected chi connectivity index (χ0v) is 15.8. The molecule has 0 atom stereocenters. The van der Waals surface area contributed by atoms with Crippen LogP contribution >= 0.6 is 0 Å². The third-order valence-electron chi connectivity index (χ3n) is 3.72. The molecule has 0 amide bonds. The predicted octanol–water partition coefficient (Wildman–Crippen LogP) is 2.90. The lowest BCUT2D eigenvalue weighted by Crippen LogP contribution is -2.01. The van der Waals surface area contributed by atoms with E-state index in [-0.39, 0.29) is 6.61 Å². The van der Waals surface area contributed by atoms with E-state index in [0.717, 1.165) is 29.0 Å². The fraction of sp³-hybridized carbons (Fsp3) is 0.316. The van der Waals surface area contributed by atoms with Crippen LogP contribution in [0, 0.1) is 0 Å². The number of rotatable bonds is 10. The van der Waals surface area contributed by atoms with Gasteiger partial charge < -0.3 is 14.3 Å². The number of ether oxygens (including phenoxy) is 2. The highest BCUT2D eigenvalue weighted by Gasteiger charge is 2.04. The van der Waals surface area contributed by atoms with E-state index in [2.05, 4.69) is 37.7 Å². The molecule has 146 valence electrons. The van der Waals surface area contributed by atoms with Gasteiger partial charge in [-0.1, -0.05) is 29.4 Å². The predicted molar refractivity (Wildman–Crippen MR) is 102 cm³/mol. The maximum Gasteiger partial charge on any atom is 0.213 e. The minimum absolute atomic E-state index is 0.196.